The third kappa shape index (κ3) is 4.32. The van der Waals surface area contributed by atoms with Crippen molar-refractivity contribution in [1.29, 1.82) is 0 Å². The minimum atomic E-state index is -0.0990. The van der Waals surface area contributed by atoms with E-state index in [2.05, 4.69) is 37.2 Å². The highest BCUT2D eigenvalue weighted by Gasteiger charge is 2.10. The fourth-order valence-electron chi connectivity index (χ4n) is 1.99. The topological polar surface area (TPSA) is 38.3 Å². The maximum absolute atomic E-state index is 12.2. The fourth-order valence-corrected chi connectivity index (χ4v) is 2.77. The van der Waals surface area contributed by atoms with Crippen molar-refractivity contribution in [3.8, 4) is 5.75 Å². The van der Waals surface area contributed by atoms with E-state index in [1.807, 2.05) is 36.4 Å². The molecule has 2 rings (SSSR count). The number of benzene rings is 2. The average Bonchev–Trinajstić information content (AvgIpc) is 2.50. The van der Waals surface area contributed by atoms with Crippen LogP contribution in [0.3, 0.4) is 0 Å². The number of rotatable bonds is 5. The zero-order valence-electron chi connectivity index (χ0n) is 11.5. The number of para-hydroxylation sites is 1. The summed E-state index contributed by atoms with van der Waals surface area (Å²) in [5, 5.41) is 2.92. The van der Waals surface area contributed by atoms with Crippen molar-refractivity contribution in [2.24, 2.45) is 0 Å². The van der Waals surface area contributed by atoms with Crippen molar-refractivity contribution < 1.29 is 9.53 Å². The van der Waals surface area contributed by atoms with Gasteiger partial charge in [0.15, 0.2) is 0 Å². The second-order valence-electron chi connectivity index (χ2n) is 4.44. The number of carbonyl (C=O) groups excluding carboxylic acids is 1. The molecule has 0 atom stereocenters. The number of hydrogen-bond donors (Lipinski definition) is 1. The van der Waals surface area contributed by atoms with Crippen LogP contribution in [0.4, 0.5) is 0 Å². The molecule has 0 unspecified atom stereocenters. The second-order valence-corrected chi connectivity index (χ2v) is 6.21. The third-order valence-electron chi connectivity index (χ3n) is 3.05. The Morgan fingerprint density at radius 1 is 1.19 bits per heavy atom. The van der Waals surface area contributed by atoms with Gasteiger partial charge in [-0.2, -0.15) is 0 Å². The first kappa shape index (κ1) is 16.0. The Bertz CT molecular complexity index is 644. The van der Waals surface area contributed by atoms with Crippen LogP contribution in [0.15, 0.2) is 51.4 Å². The summed E-state index contributed by atoms with van der Waals surface area (Å²) in [6, 6.07) is 13.3. The van der Waals surface area contributed by atoms with Crippen LogP contribution < -0.4 is 10.1 Å². The third-order valence-corrected chi connectivity index (χ3v) is 4.23. The Morgan fingerprint density at radius 3 is 2.71 bits per heavy atom. The molecule has 5 heteroatoms. The van der Waals surface area contributed by atoms with E-state index in [1.54, 1.807) is 13.2 Å². The first-order valence-corrected chi connectivity index (χ1v) is 8.05. The molecule has 2 aromatic rings. The first-order chi connectivity index (χ1) is 10.1. The van der Waals surface area contributed by atoms with Crippen LogP contribution in [0.5, 0.6) is 5.75 Å². The summed E-state index contributed by atoms with van der Waals surface area (Å²) < 4.78 is 6.95. The van der Waals surface area contributed by atoms with Crippen LogP contribution in [-0.4, -0.2) is 19.6 Å². The lowest BCUT2D eigenvalue weighted by Crippen LogP contribution is -2.26. The van der Waals surface area contributed by atoms with Gasteiger partial charge in [0.25, 0.3) is 5.91 Å². The number of ether oxygens (including phenoxy) is 1. The van der Waals surface area contributed by atoms with Crippen LogP contribution in [0.2, 0.25) is 0 Å². The molecule has 0 aliphatic carbocycles. The van der Waals surface area contributed by atoms with E-state index >= 15 is 0 Å². The van der Waals surface area contributed by atoms with Crippen molar-refractivity contribution in [2.45, 2.75) is 6.42 Å². The van der Waals surface area contributed by atoms with Gasteiger partial charge in [0.1, 0.15) is 5.75 Å². The molecule has 0 radical (unpaired) electrons. The van der Waals surface area contributed by atoms with Gasteiger partial charge < -0.3 is 10.1 Å². The van der Waals surface area contributed by atoms with E-state index in [0.29, 0.717) is 12.1 Å². The number of halogens is 2. The van der Waals surface area contributed by atoms with Crippen molar-refractivity contribution in [3.05, 3.63) is 62.5 Å². The van der Waals surface area contributed by atoms with Gasteiger partial charge in [-0.1, -0.05) is 34.1 Å². The Morgan fingerprint density at radius 2 is 1.95 bits per heavy atom. The van der Waals surface area contributed by atoms with Crippen LogP contribution in [0.1, 0.15) is 15.9 Å². The highest BCUT2D eigenvalue weighted by molar-refractivity contribution is 9.11. The van der Waals surface area contributed by atoms with Crippen LogP contribution in [0, 0.1) is 0 Å². The minimum absolute atomic E-state index is 0.0990. The molecule has 2 aromatic carbocycles. The predicted molar refractivity (Wildman–Crippen MR) is 90.9 cm³/mol. The van der Waals surface area contributed by atoms with E-state index in [4.69, 9.17) is 4.74 Å². The fraction of sp³-hybridized carbons (Fsp3) is 0.188. The number of amides is 1. The predicted octanol–water partition coefficient (Wildman–Crippen LogP) is 4.19. The van der Waals surface area contributed by atoms with Gasteiger partial charge in [-0.25, -0.2) is 0 Å². The molecule has 0 fully saturated rings. The normalized spacial score (nSPS) is 10.2. The molecule has 1 amide bonds. The van der Waals surface area contributed by atoms with E-state index in [-0.39, 0.29) is 5.91 Å². The monoisotopic (exact) mass is 411 g/mol. The van der Waals surface area contributed by atoms with Crippen molar-refractivity contribution >= 4 is 37.8 Å². The number of nitrogens with one attached hydrogen (secondary N) is 1. The van der Waals surface area contributed by atoms with Gasteiger partial charge in [0, 0.05) is 15.5 Å². The molecule has 3 nitrogen and oxygen atoms in total. The summed E-state index contributed by atoms with van der Waals surface area (Å²) in [6.45, 7) is 0.554. The van der Waals surface area contributed by atoms with E-state index in [0.717, 1.165) is 26.7 Å². The highest BCUT2D eigenvalue weighted by atomic mass is 79.9. The SMILES string of the molecule is COc1ccccc1CCNC(=O)c1cc(Br)ccc1Br. The van der Waals surface area contributed by atoms with Crippen molar-refractivity contribution in [2.75, 3.05) is 13.7 Å². The van der Waals surface area contributed by atoms with Gasteiger partial charge in [-0.3, -0.25) is 4.79 Å². The van der Waals surface area contributed by atoms with Gasteiger partial charge in [-0.15, -0.1) is 0 Å². The molecule has 0 heterocycles. The summed E-state index contributed by atoms with van der Waals surface area (Å²) in [4.78, 5) is 12.2. The van der Waals surface area contributed by atoms with Crippen molar-refractivity contribution in [3.63, 3.8) is 0 Å². The van der Waals surface area contributed by atoms with Crippen LogP contribution in [0.25, 0.3) is 0 Å². The van der Waals surface area contributed by atoms with E-state index in [9.17, 15) is 4.79 Å². The zero-order chi connectivity index (χ0) is 15.2. The average molecular weight is 413 g/mol. The highest BCUT2D eigenvalue weighted by Crippen LogP contribution is 2.21. The van der Waals surface area contributed by atoms with Gasteiger partial charge in [0.2, 0.25) is 0 Å². The quantitative estimate of drug-likeness (QED) is 0.799. The van der Waals surface area contributed by atoms with Crippen molar-refractivity contribution in [1.82, 2.24) is 5.32 Å². The van der Waals surface area contributed by atoms with Gasteiger partial charge >= 0.3 is 0 Å². The Kier molecular flexibility index (Phi) is 5.82. The largest absolute Gasteiger partial charge is 0.496 e. The molecule has 1 N–H and O–H groups in total. The number of carbonyl (C=O) groups is 1. The molecule has 0 aliphatic heterocycles. The van der Waals surface area contributed by atoms with Gasteiger partial charge in [-0.05, 0) is 52.2 Å². The lowest BCUT2D eigenvalue weighted by atomic mass is 10.1. The molecule has 0 aromatic heterocycles. The summed E-state index contributed by atoms with van der Waals surface area (Å²) >= 11 is 6.76. The van der Waals surface area contributed by atoms with E-state index in [1.165, 1.54) is 0 Å². The minimum Gasteiger partial charge on any atom is -0.496 e. The summed E-state index contributed by atoms with van der Waals surface area (Å²) in [6.07, 6.45) is 0.724. The zero-order valence-corrected chi connectivity index (χ0v) is 14.7. The molecule has 0 spiro atoms. The molecule has 0 bridgehead atoms. The molecule has 0 saturated carbocycles. The number of hydrogen-bond acceptors (Lipinski definition) is 2. The molecule has 21 heavy (non-hydrogen) atoms. The maximum atomic E-state index is 12.2. The lowest BCUT2D eigenvalue weighted by molar-refractivity contribution is 0.0953. The molecule has 0 saturated heterocycles. The summed E-state index contributed by atoms with van der Waals surface area (Å²) in [5.74, 6) is 0.744. The summed E-state index contributed by atoms with van der Waals surface area (Å²) in [5.41, 5.74) is 1.69. The smallest absolute Gasteiger partial charge is 0.252 e. The molecular formula is C16H15Br2NO2. The Hall–Kier alpha value is -1.33. The first-order valence-electron chi connectivity index (χ1n) is 6.47. The lowest BCUT2D eigenvalue weighted by Gasteiger charge is -2.10. The van der Waals surface area contributed by atoms with Gasteiger partial charge in [0.05, 0.1) is 12.7 Å². The summed E-state index contributed by atoms with van der Waals surface area (Å²) in [7, 11) is 1.65. The molecular weight excluding hydrogens is 398 g/mol. The second kappa shape index (κ2) is 7.61. The molecule has 0 aliphatic rings. The standard InChI is InChI=1S/C16H15Br2NO2/c1-21-15-5-3-2-4-11(15)8-9-19-16(20)13-10-12(17)6-7-14(13)18/h2-7,10H,8-9H2,1H3,(H,19,20). The Balaban J connectivity index is 1.97. The maximum Gasteiger partial charge on any atom is 0.252 e. The Labute approximate surface area is 141 Å². The van der Waals surface area contributed by atoms with Crippen LogP contribution in [-0.2, 0) is 6.42 Å². The van der Waals surface area contributed by atoms with E-state index < -0.39 is 0 Å². The van der Waals surface area contributed by atoms with Crippen LogP contribution >= 0.6 is 31.9 Å². The number of methoxy groups -OCH3 is 1. The molecule has 110 valence electrons.